The van der Waals surface area contributed by atoms with E-state index in [2.05, 4.69) is 26.7 Å². The molecule has 4 rings (SSSR count). The number of rotatable bonds is 2. The number of nitrogens with two attached hydrogens (primary N) is 1. The van der Waals surface area contributed by atoms with E-state index in [1.54, 1.807) is 0 Å². The van der Waals surface area contributed by atoms with E-state index in [-0.39, 0.29) is 0 Å². The van der Waals surface area contributed by atoms with Crippen molar-refractivity contribution in [3.05, 3.63) is 66.6 Å². The van der Waals surface area contributed by atoms with Crippen LogP contribution in [0.3, 0.4) is 0 Å². The van der Waals surface area contributed by atoms with Gasteiger partial charge in [-0.3, -0.25) is 9.55 Å². The van der Waals surface area contributed by atoms with Gasteiger partial charge in [0.2, 0.25) is 0 Å². The molecule has 0 fully saturated rings. The zero-order valence-electron chi connectivity index (χ0n) is 11.4. The van der Waals surface area contributed by atoms with E-state index in [0.29, 0.717) is 6.54 Å². The molecule has 2 heterocycles. The van der Waals surface area contributed by atoms with E-state index in [9.17, 15) is 0 Å². The number of hydrogen-bond donors (Lipinski definition) is 1. The maximum absolute atomic E-state index is 5.92. The minimum atomic E-state index is 0.444. The van der Waals surface area contributed by atoms with Gasteiger partial charge in [-0.05, 0) is 18.2 Å². The van der Waals surface area contributed by atoms with Crippen molar-refractivity contribution in [1.82, 2.24) is 14.5 Å². The van der Waals surface area contributed by atoms with Gasteiger partial charge in [-0.1, -0.05) is 30.3 Å². The van der Waals surface area contributed by atoms with Crippen LogP contribution < -0.4 is 5.73 Å². The SMILES string of the molecule is NCc1cnc2ccccc2c1-n1cnc2ccccc21. The minimum Gasteiger partial charge on any atom is -0.326 e. The van der Waals surface area contributed by atoms with Crippen LogP contribution in [0.2, 0.25) is 0 Å². The average Bonchev–Trinajstić information content (AvgIpc) is 2.97. The van der Waals surface area contributed by atoms with Crippen LogP contribution in [0.1, 0.15) is 5.56 Å². The van der Waals surface area contributed by atoms with Crippen molar-refractivity contribution in [2.45, 2.75) is 6.54 Å². The third-order valence-corrected chi connectivity index (χ3v) is 3.74. The molecule has 0 saturated heterocycles. The number of hydrogen-bond acceptors (Lipinski definition) is 3. The Morgan fingerprint density at radius 1 is 0.905 bits per heavy atom. The van der Waals surface area contributed by atoms with E-state index >= 15 is 0 Å². The Hall–Kier alpha value is -2.72. The molecule has 0 amide bonds. The predicted octanol–water partition coefficient (Wildman–Crippen LogP) is 3.03. The number of nitrogens with zero attached hydrogens (tertiary/aromatic N) is 3. The molecule has 102 valence electrons. The van der Waals surface area contributed by atoms with Crippen LogP contribution in [0.15, 0.2) is 61.1 Å². The van der Waals surface area contributed by atoms with Crippen molar-refractivity contribution in [3.63, 3.8) is 0 Å². The highest BCUT2D eigenvalue weighted by molar-refractivity contribution is 5.91. The lowest BCUT2D eigenvalue weighted by Crippen LogP contribution is -2.05. The summed E-state index contributed by atoms with van der Waals surface area (Å²) in [6, 6.07) is 16.2. The molecule has 4 heteroatoms. The van der Waals surface area contributed by atoms with Crippen molar-refractivity contribution in [2.75, 3.05) is 0 Å². The van der Waals surface area contributed by atoms with Crippen LogP contribution in [-0.2, 0) is 6.54 Å². The summed E-state index contributed by atoms with van der Waals surface area (Å²) in [6.07, 6.45) is 3.71. The Balaban J connectivity index is 2.14. The van der Waals surface area contributed by atoms with Crippen LogP contribution in [-0.4, -0.2) is 14.5 Å². The lowest BCUT2D eigenvalue weighted by atomic mass is 10.1. The van der Waals surface area contributed by atoms with Crippen molar-refractivity contribution in [1.29, 1.82) is 0 Å². The largest absolute Gasteiger partial charge is 0.326 e. The molecule has 0 aliphatic carbocycles. The smallest absolute Gasteiger partial charge is 0.100 e. The van der Waals surface area contributed by atoms with E-state index in [4.69, 9.17) is 5.73 Å². The van der Waals surface area contributed by atoms with Gasteiger partial charge in [-0.2, -0.15) is 0 Å². The first-order valence-electron chi connectivity index (χ1n) is 6.87. The number of imidazole rings is 1. The fourth-order valence-electron chi connectivity index (χ4n) is 2.74. The molecule has 0 aliphatic heterocycles. The second kappa shape index (κ2) is 4.68. The molecule has 0 unspecified atom stereocenters. The molecule has 0 atom stereocenters. The summed E-state index contributed by atoms with van der Waals surface area (Å²) < 4.78 is 2.10. The standard InChI is InChI=1S/C17H14N4/c18-9-12-10-19-14-6-2-1-5-13(14)17(12)21-11-20-15-7-3-4-8-16(15)21/h1-8,10-11H,9,18H2. The average molecular weight is 274 g/mol. The fraction of sp³-hybridized carbons (Fsp3) is 0.0588. The maximum atomic E-state index is 5.92. The molecule has 0 aliphatic rings. The Labute approximate surface area is 121 Å². The number of aromatic nitrogens is 3. The van der Waals surface area contributed by atoms with Gasteiger partial charge in [0.15, 0.2) is 0 Å². The lowest BCUT2D eigenvalue weighted by molar-refractivity contribution is 0.997. The summed E-state index contributed by atoms with van der Waals surface area (Å²) in [7, 11) is 0. The van der Waals surface area contributed by atoms with Crippen LogP contribution in [0.4, 0.5) is 0 Å². The third-order valence-electron chi connectivity index (χ3n) is 3.74. The van der Waals surface area contributed by atoms with E-state index in [0.717, 1.165) is 33.2 Å². The molecule has 0 bridgehead atoms. The Kier molecular flexibility index (Phi) is 2.69. The number of fused-ring (bicyclic) bond motifs is 2. The van der Waals surface area contributed by atoms with Gasteiger partial charge < -0.3 is 5.73 Å². The summed E-state index contributed by atoms with van der Waals surface area (Å²) in [5, 5.41) is 1.09. The summed E-state index contributed by atoms with van der Waals surface area (Å²) >= 11 is 0. The normalized spacial score (nSPS) is 11.3. The van der Waals surface area contributed by atoms with Crippen molar-refractivity contribution >= 4 is 21.9 Å². The Morgan fingerprint density at radius 3 is 2.52 bits per heavy atom. The molecule has 4 aromatic rings. The minimum absolute atomic E-state index is 0.444. The van der Waals surface area contributed by atoms with E-state index in [1.165, 1.54) is 0 Å². The topological polar surface area (TPSA) is 56.7 Å². The number of para-hydroxylation sites is 3. The first-order chi connectivity index (χ1) is 10.4. The second-order valence-corrected chi connectivity index (χ2v) is 4.96. The molecule has 0 spiro atoms. The quantitative estimate of drug-likeness (QED) is 0.611. The molecule has 0 saturated carbocycles. The van der Waals surface area contributed by atoms with Gasteiger partial charge in [0.05, 0.1) is 22.2 Å². The van der Waals surface area contributed by atoms with E-state index < -0.39 is 0 Å². The highest BCUT2D eigenvalue weighted by Crippen LogP contribution is 2.27. The Bertz CT molecular complexity index is 940. The van der Waals surface area contributed by atoms with Gasteiger partial charge in [-0.15, -0.1) is 0 Å². The highest BCUT2D eigenvalue weighted by atomic mass is 15.1. The zero-order chi connectivity index (χ0) is 14.2. The summed E-state index contributed by atoms with van der Waals surface area (Å²) in [5.74, 6) is 0. The van der Waals surface area contributed by atoms with Gasteiger partial charge >= 0.3 is 0 Å². The van der Waals surface area contributed by atoms with Gasteiger partial charge in [-0.25, -0.2) is 4.98 Å². The Morgan fingerprint density at radius 2 is 1.67 bits per heavy atom. The van der Waals surface area contributed by atoms with Crippen molar-refractivity contribution in [3.8, 4) is 5.69 Å². The van der Waals surface area contributed by atoms with Gasteiger partial charge in [0.25, 0.3) is 0 Å². The van der Waals surface area contributed by atoms with Crippen molar-refractivity contribution < 1.29 is 0 Å². The first-order valence-corrected chi connectivity index (χ1v) is 6.87. The molecule has 2 aromatic heterocycles. The molecule has 0 radical (unpaired) electrons. The summed E-state index contributed by atoms with van der Waals surface area (Å²) in [4.78, 5) is 8.97. The molecule has 2 aromatic carbocycles. The molecular formula is C17H14N4. The zero-order valence-corrected chi connectivity index (χ0v) is 11.4. The molecule has 2 N–H and O–H groups in total. The molecular weight excluding hydrogens is 260 g/mol. The molecule has 4 nitrogen and oxygen atoms in total. The summed E-state index contributed by atoms with van der Waals surface area (Å²) in [5.41, 5.74) is 11.0. The predicted molar refractivity (Wildman–Crippen MR) is 84.3 cm³/mol. The highest BCUT2D eigenvalue weighted by Gasteiger charge is 2.12. The van der Waals surface area contributed by atoms with Gasteiger partial charge in [0.1, 0.15) is 6.33 Å². The molecule has 21 heavy (non-hydrogen) atoms. The summed E-state index contributed by atoms with van der Waals surface area (Å²) in [6.45, 7) is 0.444. The van der Waals surface area contributed by atoms with Crippen LogP contribution in [0.25, 0.3) is 27.6 Å². The first kappa shape index (κ1) is 12.1. The second-order valence-electron chi connectivity index (χ2n) is 4.96. The monoisotopic (exact) mass is 274 g/mol. The fourth-order valence-corrected chi connectivity index (χ4v) is 2.74. The number of benzene rings is 2. The van der Waals surface area contributed by atoms with E-state index in [1.807, 2.05) is 48.9 Å². The van der Waals surface area contributed by atoms with Crippen LogP contribution >= 0.6 is 0 Å². The van der Waals surface area contributed by atoms with Crippen molar-refractivity contribution in [2.24, 2.45) is 5.73 Å². The number of pyridine rings is 1. The van der Waals surface area contributed by atoms with Crippen LogP contribution in [0.5, 0.6) is 0 Å². The third kappa shape index (κ3) is 1.80. The van der Waals surface area contributed by atoms with Crippen LogP contribution in [0, 0.1) is 0 Å². The van der Waals surface area contributed by atoms with Gasteiger partial charge in [0, 0.05) is 23.7 Å². The lowest BCUT2D eigenvalue weighted by Gasteiger charge is -2.13. The maximum Gasteiger partial charge on any atom is 0.100 e.